The third-order valence-corrected chi connectivity index (χ3v) is 6.61. The second-order valence-corrected chi connectivity index (χ2v) is 9.62. The summed E-state index contributed by atoms with van der Waals surface area (Å²) in [6.45, 7) is 1.62. The Morgan fingerprint density at radius 2 is 1.82 bits per heavy atom. The molecule has 0 bridgehead atoms. The number of carbonyl (C=O) groups is 1. The zero-order chi connectivity index (χ0) is 24.2. The van der Waals surface area contributed by atoms with Crippen molar-refractivity contribution in [3.8, 4) is 0 Å². The fourth-order valence-electron chi connectivity index (χ4n) is 3.41. The fourth-order valence-corrected chi connectivity index (χ4v) is 4.90. The fraction of sp³-hybridized carbons (Fsp3) is 0.333. The molecular weight excluding hydrogens is 468 g/mol. The van der Waals surface area contributed by atoms with Gasteiger partial charge in [-0.15, -0.1) is 0 Å². The maximum atomic E-state index is 13.0. The van der Waals surface area contributed by atoms with E-state index >= 15 is 0 Å². The van der Waals surface area contributed by atoms with Crippen molar-refractivity contribution < 1.29 is 18.3 Å². The van der Waals surface area contributed by atoms with E-state index in [2.05, 4.69) is 25.0 Å². The highest BCUT2D eigenvalue weighted by Gasteiger charge is 2.21. The summed E-state index contributed by atoms with van der Waals surface area (Å²) in [5.74, 6) is -0.405. The summed E-state index contributed by atoms with van der Waals surface area (Å²) in [6.07, 6.45) is 0.0140. The molecule has 2 aromatic carbocycles. The van der Waals surface area contributed by atoms with Crippen LogP contribution in [0.1, 0.15) is 18.1 Å². The monoisotopic (exact) mass is 492 g/mol. The lowest BCUT2D eigenvalue weighted by Gasteiger charge is -2.17. The normalized spacial score (nSPS) is 12.6. The van der Waals surface area contributed by atoms with Crippen molar-refractivity contribution in [3.63, 3.8) is 0 Å². The number of aromatic nitrogens is 3. The van der Waals surface area contributed by atoms with Gasteiger partial charge in [0.2, 0.25) is 15.3 Å². The van der Waals surface area contributed by atoms with E-state index in [9.17, 15) is 18.3 Å². The molecule has 1 aromatic heterocycles. The van der Waals surface area contributed by atoms with Crippen LogP contribution in [0.2, 0.25) is 5.28 Å². The van der Waals surface area contributed by atoms with Gasteiger partial charge in [0.15, 0.2) is 0 Å². The lowest BCUT2D eigenvalue weighted by Crippen LogP contribution is -2.40. The zero-order valence-corrected chi connectivity index (χ0v) is 20.0. The summed E-state index contributed by atoms with van der Waals surface area (Å²) in [6, 6.07) is 9.53. The molecule has 10 nitrogen and oxygen atoms in total. The first-order valence-electron chi connectivity index (χ1n) is 10.1. The topological polar surface area (TPSA) is 137 Å². The van der Waals surface area contributed by atoms with Crippen LogP contribution in [0.5, 0.6) is 0 Å². The van der Waals surface area contributed by atoms with E-state index in [4.69, 9.17) is 11.6 Å². The predicted molar refractivity (Wildman–Crippen MR) is 126 cm³/mol. The number of rotatable bonds is 10. The van der Waals surface area contributed by atoms with Gasteiger partial charge in [0.1, 0.15) is 17.7 Å². The first-order chi connectivity index (χ1) is 15.6. The number of hydrogen-bond acceptors (Lipinski definition) is 8. The van der Waals surface area contributed by atoms with Crippen LogP contribution >= 0.6 is 11.6 Å². The maximum Gasteiger partial charge on any atom is 0.320 e. The summed E-state index contributed by atoms with van der Waals surface area (Å²) in [5.41, 5.74) is 0.897. The third-order valence-electron chi connectivity index (χ3n) is 4.93. The number of anilines is 1. The molecule has 1 heterocycles. The van der Waals surface area contributed by atoms with E-state index in [0.29, 0.717) is 17.0 Å². The Morgan fingerprint density at radius 3 is 2.48 bits per heavy atom. The van der Waals surface area contributed by atoms with Crippen molar-refractivity contribution in [2.24, 2.45) is 0 Å². The Morgan fingerprint density at radius 1 is 1.12 bits per heavy atom. The number of hydrogen-bond donors (Lipinski definition) is 3. The van der Waals surface area contributed by atoms with Gasteiger partial charge in [-0.3, -0.25) is 10.1 Å². The third kappa shape index (κ3) is 6.14. The highest BCUT2D eigenvalue weighted by molar-refractivity contribution is 7.89. The van der Waals surface area contributed by atoms with E-state index in [-0.39, 0.29) is 29.7 Å². The van der Waals surface area contributed by atoms with Gasteiger partial charge in [-0.05, 0) is 37.1 Å². The zero-order valence-electron chi connectivity index (χ0n) is 18.4. The van der Waals surface area contributed by atoms with Crippen LogP contribution in [-0.4, -0.2) is 61.1 Å². The van der Waals surface area contributed by atoms with Crippen molar-refractivity contribution in [3.05, 3.63) is 53.3 Å². The number of nitrogens with zero attached hydrogens (tertiary/aromatic N) is 4. The second-order valence-electron chi connectivity index (χ2n) is 7.55. The number of nitrogens with one attached hydrogen (secondary N) is 2. The first-order valence-corrected chi connectivity index (χ1v) is 12.0. The minimum atomic E-state index is -3.87. The van der Waals surface area contributed by atoms with Gasteiger partial charge >= 0.3 is 5.97 Å². The molecule has 0 radical (unpaired) electrons. The number of carboxylic acids is 1. The molecule has 0 aliphatic rings. The molecule has 3 N–H and O–H groups in total. The molecule has 0 aliphatic carbocycles. The van der Waals surface area contributed by atoms with Gasteiger partial charge < -0.3 is 10.0 Å². The molecule has 0 aliphatic heterocycles. The molecular formula is C21H25ClN6O4S. The number of benzene rings is 2. The Hall–Kier alpha value is -2.86. The molecule has 33 heavy (non-hydrogen) atoms. The average molecular weight is 493 g/mol. The van der Waals surface area contributed by atoms with Crippen LogP contribution in [0.25, 0.3) is 10.8 Å². The molecule has 3 rings (SSSR count). The van der Waals surface area contributed by atoms with Crippen molar-refractivity contribution >= 4 is 44.1 Å². The number of halogens is 1. The van der Waals surface area contributed by atoms with Crippen molar-refractivity contribution in [2.45, 2.75) is 30.8 Å². The van der Waals surface area contributed by atoms with Gasteiger partial charge in [-0.1, -0.05) is 24.3 Å². The van der Waals surface area contributed by atoms with Crippen LogP contribution in [-0.2, 0) is 21.4 Å². The maximum absolute atomic E-state index is 13.0. The first kappa shape index (κ1) is 24.8. The Labute approximate surface area is 197 Å². The van der Waals surface area contributed by atoms with E-state index in [1.54, 1.807) is 25.1 Å². The smallest absolute Gasteiger partial charge is 0.320 e. The molecule has 12 heteroatoms. The van der Waals surface area contributed by atoms with Gasteiger partial charge in [0.25, 0.3) is 0 Å². The molecule has 176 valence electrons. The number of aliphatic carboxylic acids is 1. The molecule has 0 amide bonds. The van der Waals surface area contributed by atoms with Gasteiger partial charge in [-0.2, -0.15) is 0 Å². The lowest BCUT2D eigenvalue weighted by molar-refractivity contribution is -0.139. The molecule has 3 aromatic rings. The summed E-state index contributed by atoms with van der Waals surface area (Å²) < 4.78 is 28.5. The van der Waals surface area contributed by atoms with E-state index in [0.717, 1.165) is 11.1 Å². The second kappa shape index (κ2) is 10.4. The van der Waals surface area contributed by atoms with Crippen LogP contribution in [0, 0.1) is 6.92 Å². The highest BCUT2D eigenvalue weighted by Crippen LogP contribution is 2.30. The number of carboxylic acid groups (broad SMARTS) is 1. The van der Waals surface area contributed by atoms with Crippen LogP contribution < -0.4 is 14.9 Å². The molecule has 1 atom stereocenters. The molecule has 1 unspecified atom stereocenters. The molecule has 0 fully saturated rings. The van der Waals surface area contributed by atoms with Gasteiger partial charge in [0, 0.05) is 37.1 Å². The Kier molecular flexibility index (Phi) is 7.80. The van der Waals surface area contributed by atoms with Crippen LogP contribution in [0.3, 0.4) is 0 Å². The van der Waals surface area contributed by atoms with E-state index in [1.165, 1.54) is 6.07 Å². The van der Waals surface area contributed by atoms with Gasteiger partial charge in [0.05, 0.1) is 11.4 Å². The summed E-state index contributed by atoms with van der Waals surface area (Å²) in [5, 5.41) is 13.7. The van der Waals surface area contributed by atoms with E-state index < -0.39 is 22.0 Å². The summed E-state index contributed by atoms with van der Waals surface area (Å²) in [7, 11) is -0.0919. The minimum Gasteiger partial charge on any atom is -0.480 e. The van der Waals surface area contributed by atoms with Crippen molar-refractivity contribution in [1.82, 2.24) is 25.0 Å². The molecule has 0 saturated heterocycles. The number of aryl methyl sites for hydroxylation is 1. The largest absolute Gasteiger partial charge is 0.480 e. The standard InChI is InChI=1S/C21H25ClN6O4S/c1-13-25-19(27-21(22)26-13)12-23-16(20(29)30)10-11-24-33(31,32)18-9-5-6-14-15(18)7-4-8-17(14)28(2)3/h4-9,16,23-24H,10-12H2,1-3H3,(H,29,30). The van der Waals surface area contributed by atoms with Crippen LogP contribution in [0.15, 0.2) is 41.3 Å². The Bertz CT molecular complexity index is 1250. The van der Waals surface area contributed by atoms with Crippen LogP contribution in [0.4, 0.5) is 5.69 Å². The predicted octanol–water partition coefficient (Wildman–Crippen LogP) is 1.96. The molecule has 0 spiro atoms. The summed E-state index contributed by atoms with van der Waals surface area (Å²) in [4.78, 5) is 25.6. The molecule has 0 saturated carbocycles. The lowest BCUT2D eigenvalue weighted by atomic mass is 10.1. The number of fused-ring (bicyclic) bond motifs is 1. The van der Waals surface area contributed by atoms with Crippen molar-refractivity contribution in [1.29, 1.82) is 0 Å². The SMILES string of the molecule is Cc1nc(Cl)nc(CNC(CCNS(=O)(=O)c2cccc3c(N(C)C)cccc23)C(=O)O)n1. The Balaban J connectivity index is 1.70. The highest BCUT2D eigenvalue weighted by atomic mass is 35.5. The van der Waals surface area contributed by atoms with Gasteiger partial charge in [-0.25, -0.2) is 28.1 Å². The number of sulfonamides is 1. The average Bonchev–Trinajstić information content (AvgIpc) is 2.74. The van der Waals surface area contributed by atoms with E-state index in [1.807, 2.05) is 31.1 Å². The summed E-state index contributed by atoms with van der Waals surface area (Å²) >= 11 is 5.80. The minimum absolute atomic E-state index is 0.0140. The quantitative estimate of drug-likeness (QED) is 0.387. The van der Waals surface area contributed by atoms with Crippen molar-refractivity contribution in [2.75, 3.05) is 25.5 Å².